The smallest absolute Gasteiger partial charge is 0.275 e. The number of carbonyl (C=O) groups excluding carboxylic acids is 1. The molecule has 0 fully saturated rings. The van der Waals surface area contributed by atoms with Crippen LogP contribution in [0.1, 0.15) is 16.1 Å². The lowest BCUT2D eigenvalue weighted by Gasteiger charge is -2.09. The highest BCUT2D eigenvalue weighted by Gasteiger charge is 2.13. The lowest BCUT2D eigenvalue weighted by molar-refractivity contribution is 0.0952. The third kappa shape index (κ3) is 3.73. The van der Waals surface area contributed by atoms with Gasteiger partial charge in [-0.2, -0.15) is 5.10 Å². The average molecular weight is 387 g/mol. The second-order valence-electron chi connectivity index (χ2n) is 6.35. The Kier molecular flexibility index (Phi) is 5.07. The maximum Gasteiger partial charge on any atom is 0.275 e. The summed E-state index contributed by atoms with van der Waals surface area (Å²) in [6.07, 6.45) is 3.20. The van der Waals surface area contributed by atoms with Crippen LogP contribution in [0.25, 0.3) is 16.5 Å². The summed E-state index contributed by atoms with van der Waals surface area (Å²) in [5.41, 5.74) is 3.93. The number of hydrazone groups is 1. The number of ether oxygens (including phenoxy) is 1. The highest BCUT2D eigenvalue weighted by molar-refractivity contribution is 6.01. The summed E-state index contributed by atoms with van der Waals surface area (Å²) in [4.78, 5) is 12.6. The molecule has 0 radical (unpaired) electrons. The van der Waals surface area contributed by atoms with Crippen LogP contribution in [0, 0.1) is 5.82 Å². The van der Waals surface area contributed by atoms with Gasteiger partial charge < -0.3 is 9.30 Å². The van der Waals surface area contributed by atoms with E-state index < -0.39 is 5.91 Å². The van der Waals surface area contributed by atoms with E-state index in [0.717, 1.165) is 10.8 Å². The first kappa shape index (κ1) is 18.4. The van der Waals surface area contributed by atoms with Crippen molar-refractivity contribution in [2.45, 2.75) is 0 Å². The minimum Gasteiger partial charge on any atom is -0.496 e. The fourth-order valence-corrected chi connectivity index (χ4v) is 3.15. The highest BCUT2D eigenvalue weighted by Crippen LogP contribution is 2.25. The fourth-order valence-electron chi connectivity index (χ4n) is 3.15. The zero-order valence-electron chi connectivity index (χ0n) is 15.7. The number of para-hydroxylation sites is 1. The van der Waals surface area contributed by atoms with Gasteiger partial charge in [-0.05, 0) is 47.2 Å². The number of aromatic nitrogens is 1. The number of benzene rings is 3. The molecule has 1 N–H and O–H groups in total. The molecule has 0 bridgehead atoms. The van der Waals surface area contributed by atoms with Crippen LogP contribution < -0.4 is 10.2 Å². The molecular formula is C23H18FN3O2. The zero-order chi connectivity index (χ0) is 20.2. The molecule has 0 atom stereocenters. The lowest BCUT2D eigenvalue weighted by atomic mass is 10.1. The standard InChI is InChI=1S/C23H18FN3O2/c1-29-22-14-17-8-3-2-7-16(17)13-19(22)23(28)26-25-15-18-9-6-12-27(18)21-11-5-4-10-20(21)24/h2-15H,1H3,(H,26,28)/b25-15-. The summed E-state index contributed by atoms with van der Waals surface area (Å²) < 4.78 is 21.1. The molecule has 1 heterocycles. The number of hydrogen-bond acceptors (Lipinski definition) is 3. The number of hydrogen-bond donors (Lipinski definition) is 1. The van der Waals surface area contributed by atoms with Crippen LogP contribution in [0.5, 0.6) is 5.75 Å². The number of nitrogens with zero attached hydrogens (tertiary/aromatic N) is 2. The lowest BCUT2D eigenvalue weighted by Crippen LogP contribution is -2.18. The Morgan fingerprint density at radius 1 is 1.03 bits per heavy atom. The monoisotopic (exact) mass is 387 g/mol. The maximum absolute atomic E-state index is 14.1. The van der Waals surface area contributed by atoms with Crippen molar-refractivity contribution in [2.24, 2.45) is 5.10 Å². The van der Waals surface area contributed by atoms with Gasteiger partial charge in [0.15, 0.2) is 0 Å². The SMILES string of the molecule is COc1cc2ccccc2cc1C(=O)N/N=C\c1cccn1-c1ccccc1F. The first-order valence-corrected chi connectivity index (χ1v) is 9.00. The van der Waals surface area contributed by atoms with Gasteiger partial charge in [-0.1, -0.05) is 36.4 Å². The number of rotatable bonds is 5. The largest absolute Gasteiger partial charge is 0.496 e. The van der Waals surface area contributed by atoms with E-state index in [1.165, 1.54) is 19.4 Å². The van der Waals surface area contributed by atoms with Gasteiger partial charge in [0.2, 0.25) is 0 Å². The van der Waals surface area contributed by atoms with Gasteiger partial charge in [-0.15, -0.1) is 0 Å². The van der Waals surface area contributed by atoms with Crippen molar-refractivity contribution in [1.29, 1.82) is 0 Å². The minimum atomic E-state index is -0.396. The molecule has 3 aromatic carbocycles. The summed E-state index contributed by atoms with van der Waals surface area (Å²) in [7, 11) is 1.52. The molecular weight excluding hydrogens is 369 g/mol. The van der Waals surface area contributed by atoms with Gasteiger partial charge in [0.05, 0.1) is 30.3 Å². The second-order valence-corrected chi connectivity index (χ2v) is 6.35. The number of methoxy groups -OCH3 is 1. The van der Waals surface area contributed by atoms with Crippen LogP contribution in [0.3, 0.4) is 0 Å². The van der Waals surface area contributed by atoms with Crippen LogP contribution in [-0.4, -0.2) is 23.8 Å². The van der Waals surface area contributed by atoms with E-state index in [4.69, 9.17) is 4.74 Å². The number of amides is 1. The summed E-state index contributed by atoms with van der Waals surface area (Å²) in [6, 6.07) is 21.3. The quantitative estimate of drug-likeness (QED) is 0.404. The van der Waals surface area contributed by atoms with Crippen LogP contribution in [-0.2, 0) is 0 Å². The van der Waals surface area contributed by atoms with Crippen molar-refractivity contribution in [3.8, 4) is 11.4 Å². The Hall–Kier alpha value is -3.93. The number of halogens is 1. The highest BCUT2D eigenvalue weighted by atomic mass is 19.1. The van der Waals surface area contributed by atoms with Crippen LogP contribution in [0.2, 0.25) is 0 Å². The van der Waals surface area contributed by atoms with Crippen LogP contribution in [0.4, 0.5) is 4.39 Å². The summed E-state index contributed by atoms with van der Waals surface area (Å²) >= 11 is 0. The molecule has 0 unspecified atom stereocenters. The van der Waals surface area contributed by atoms with Crippen LogP contribution in [0.15, 0.2) is 84.1 Å². The van der Waals surface area contributed by atoms with E-state index in [2.05, 4.69) is 10.5 Å². The molecule has 0 saturated carbocycles. The topological polar surface area (TPSA) is 55.6 Å². The Balaban J connectivity index is 1.57. The van der Waals surface area contributed by atoms with E-state index in [1.807, 2.05) is 30.3 Å². The summed E-state index contributed by atoms with van der Waals surface area (Å²) in [6.45, 7) is 0. The van der Waals surface area contributed by atoms with E-state index in [-0.39, 0.29) is 5.82 Å². The number of nitrogens with one attached hydrogen (secondary N) is 1. The predicted molar refractivity (Wildman–Crippen MR) is 111 cm³/mol. The van der Waals surface area contributed by atoms with Gasteiger partial charge in [-0.3, -0.25) is 4.79 Å². The zero-order valence-corrected chi connectivity index (χ0v) is 15.7. The molecule has 0 aliphatic rings. The third-order valence-corrected chi connectivity index (χ3v) is 4.57. The first-order chi connectivity index (χ1) is 14.2. The number of fused-ring (bicyclic) bond motifs is 1. The van der Waals surface area contributed by atoms with Crippen LogP contribution >= 0.6 is 0 Å². The summed E-state index contributed by atoms with van der Waals surface area (Å²) in [5, 5.41) is 5.94. The van der Waals surface area contributed by atoms with Crippen molar-refractivity contribution in [3.05, 3.63) is 96.1 Å². The second kappa shape index (κ2) is 7.98. The molecule has 0 aliphatic carbocycles. The first-order valence-electron chi connectivity index (χ1n) is 9.00. The molecule has 29 heavy (non-hydrogen) atoms. The molecule has 5 nitrogen and oxygen atoms in total. The van der Waals surface area contributed by atoms with E-state index in [0.29, 0.717) is 22.7 Å². The average Bonchev–Trinajstić information content (AvgIpc) is 3.21. The molecule has 4 aromatic rings. The minimum absolute atomic E-state index is 0.344. The third-order valence-electron chi connectivity index (χ3n) is 4.57. The van der Waals surface area contributed by atoms with Crippen molar-refractivity contribution in [2.75, 3.05) is 7.11 Å². The van der Waals surface area contributed by atoms with E-state index in [1.54, 1.807) is 47.2 Å². The number of carbonyl (C=O) groups is 1. The molecule has 0 spiro atoms. The normalized spacial score (nSPS) is 11.1. The molecule has 4 rings (SSSR count). The Morgan fingerprint density at radius 2 is 1.76 bits per heavy atom. The van der Waals surface area contributed by atoms with Gasteiger partial charge in [0.25, 0.3) is 5.91 Å². The van der Waals surface area contributed by atoms with E-state index in [9.17, 15) is 9.18 Å². The van der Waals surface area contributed by atoms with Crippen molar-refractivity contribution in [1.82, 2.24) is 9.99 Å². The Labute approximate surface area is 167 Å². The van der Waals surface area contributed by atoms with E-state index >= 15 is 0 Å². The van der Waals surface area contributed by atoms with Crippen molar-refractivity contribution < 1.29 is 13.9 Å². The van der Waals surface area contributed by atoms with Gasteiger partial charge in [0, 0.05) is 6.20 Å². The fraction of sp³-hybridized carbons (Fsp3) is 0.0435. The Morgan fingerprint density at radius 3 is 2.52 bits per heavy atom. The molecule has 0 aliphatic heterocycles. The predicted octanol–water partition coefficient (Wildman–Crippen LogP) is 4.54. The summed E-state index contributed by atoms with van der Waals surface area (Å²) in [5.74, 6) is -0.276. The molecule has 1 amide bonds. The molecule has 0 saturated heterocycles. The van der Waals surface area contributed by atoms with Crippen molar-refractivity contribution >= 4 is 22.9 Å². The van der Waals surface area contributed by atoms with Gasteiger partial charge in [0.1, 0.15) is 11.6 Å². The van der Waals surface area contributed by atoms with Gasteiger partial charge in [-0.25, -0.2) is 9.82 Å². The Bertz CT molecular complexity index is 1210. The van der Waals surface area contributed by atoms with Gasteiger partial charge >= 0.3 is 0 Å². The molecule has 1 aromatic heterocycles. The van der Waals surface area contributed by atoms with Crippen molar-refractivity contribution in [3.63, 3.8) is 0 Å². The maximum atomic E-state index is 14.1. The molecule has 144 valence electrons. The molecule has 6 heteroatoms.